The number of carbonyl (C=O) groups excluding carboxylic acids is 1. The number of amides is 1. The number of para-hydroxylation sites is 1. The molecule has 8 nitrogen and oxygen atoms in total. The van der Waals surface area contributed by atoms with Crippen LogP contribution in [0.3, 0.4) is 0 Å². The Bertz CT molecular complexity index is 1350. The van der Waals surface area contributed by atoms with E-state index in [0.717, 1.165) is 80.9 Å². The molecule has 2 fully saturated rings. The molecule has 3 aromatic heterocycles. The van der Waals surface area contributed by atoms with E-state index in [4.69, 9.17) is 5.73 Å². The van der Waals surface area contributed by atoms with E-state index in [9.17, 15) is 4.79 Å². The molecule has 1 amide bonds. The number of anilines is 1. The first-order chi connectivity index (χ1) is 18.2. The highest BCUT2D eigenvalue weighted by Gasteiger charge is 2.33. The number of fused-ring (bicyclic) bond motifs is 1. The molecule has 190 valence electrons. The quantitative estimate of drug-likeness (QED) is 0.430. The highest BCUT2D eigenvalue weighted by Crippen LogP contribution is 2.40. The molecule has 0 aliphatic carbocycles. The van der Waals surface area contributed by atoms with Gasteiger partial charge in [0.1, 0.15) is 0 Å². The first-order valence-corrected chi connectivity index (χ1v) is 13.3. The van der Waals surface area contributed by atoms with Gasteiger partial charge in [-0.05, 0) is 68.5 Å². The minimum atomic E-state index is 0.118. The Kier molecular flexibility index (Phi) is 6.57. The molecule has 0 saturated carbocycles. The number of benzene rings is 1. The summed E-state index contributed by atoms with van der Waals surface area (Å²) in [6.07, 6.45) is 9.18. The number of carbonyl (C=O) groups is 1. The number of rotatable bonds is 5. The normalized spacial score (nSPS) is 17.9. The first-order valence-electron chi connectivity index (χ1n) is 13.3. The third kappa shape index (κ3) is 4.93. The van der Waals surface area contributed by atoms with Gasteiger partial charge in [-0.25, -0.2) is 9.97 Å². The van der Waals surface area contributed by atoms with Crippen LogP contribution in [-0.4, -0.2) is 61.8 Å². The van der Waals surface area contributed by atoms with Crippen molar-refractivity contribution < 1.29 is 4.79 Å². The van der Waals surface area contributed by atoms with Crippen LogP contribution in [-0.2, 0) is 11.3 Å². The van der Waals surface area contributed by atoms with Gasteiger partial charge in [-0.2, -0.15) is 0 Å². The lowest BCUT2D eigenvalue weighted by Gasteiger charge is -2.37. The molecule has 2 aliphatic heterocycles. The van der Waals surface area contributed by atoms with E-state index in [2.05, 4.69) is 60.1 Å². The molecule has 6 rings (SSSR count). The van der Waals surface area contributed by atoms with E-state index in [0.29, 0.717) is 17.8 Å². The van der Waals surface area contributed by atoms with Gasteiger partial charge in [0.15, 0.2) is 0 Å². The van der Waals surface area contributed by atoms with Gasteiger partial charge in [0, 0.05) is 60.6 Å². The summed E-state index contributed by atoms with van der Waals surface area (Å²) in [5.74, 6) is 1.15. The maximum Gasteiger partial charge on any atom is 0.225 e. The number of pyridine rings is 1. The molecule has 5 heterocycles. The summed E-state index contributed by atoms with van der Waals surface area (Å²) < 4.78 is 0. The second kappa shape index (κ2) is 10.3. The number of hydrogen-bond acceptors (Lipinski definition) is 6. The van der Waals surface area contributed by atoms with Crippen LogP contribution in [0.2, 0.25) is 0 Å². The number of nitrogens with one attached hydrogen (secondary N) is 1. The smallest absolute Gasteiger partial charge is 0.225 e. The topological polar surface area (TPSA) is 104 Å². The fourth-order valence-electron chi connectivity index (χ4n) is 5.99. The average Bonchev–Trinajstić information content (AvgIpc) is 3.35. The Morgan fingerprint density at radius 1 is 0.919 bits per heavy atom. The average molecular weight is 496 g/mol. The number of H-pyrrole nitrogens is 1. The fourth-order valence-corrected chi connectivity index (χ4v) is 5.99. The molecule has 2 aliphatic rings. The van der Waals surface area contributed by atoms with E-state index in [1.165, 1.54) is 10.9 Å². The second-order valence-electron chi connectivity index (χ2n) is 10.3. The van der Waals surface area contributed by atoms with Crippen LogP contribution in [0, 0.1) is 5.92 Å². The lowest BCUT2D eigenvalue weighted by atomic mass is 9.85. The Morgan fingerprint density at radius 3 is 2.38 bits per heavy atom. The van der Waals surface area contributed by atoms with Crippen molar-refractivity contribution >= 4 is 22.8 Å². The van der Waals surface area contributed by atoms with Gasteiger partial charge in [0.05, 0.1) is 11.4 Å². The summed E-state index contributed by atoms with van der Waals surface area (Å²) in [7, 11) is 0. The lowest BCUT2D eigenvalue weighted by Crippen LogP contribution is -2.45. The first kappa shape index (κ1) is 23.6. The highest BCUT2D eigenvalue weighted by atomic mass is 16.2. The summed E-state index contributed by atoms with van der Waals surface area (Å²) >= 11 is 0. The van der Waals surface area contributed by atoms with Crippen molar-refractivity contribution in [3.05, 3.63) is 72.2 Å². The van der Waals surface area contributed by atoms with Gasteiger partial charge in [-0.1, -0.05) is 24.3 Å². The number of nitrogens with two attached hydrogens (primary N) is 1. The van der Waals surface area contributed by atoms with Crippen LogP contribution in [0.5, 0.6) is 0 Å². The molecule has 4 aromatic rings. The third-order valence-electron chi connectivity index (χ3n) is 7.95. The summed E-state index contributed by atoms with van der Waals surface area (Å²) in [6, 6.07) is 14.6. The lowest BCUT2D eigenvalue weighted by molar-refractivity contribution is -0.138. The molecule has 0 bridgehead atoms. The number of aromatic nitrogens is 4. The molecular formula is C29H33N7O. The molecule has 1 aromatic carbocycles. The van der Waals surface area contributed by atoms with Crippen LogP contribution in [0.4, 0.5) is 5.95 Å². The number of aromatic amines is 1. The number of piperidine rings is 2. The van der Waals surface area contributed by atoms with Crippen molar-refractivity contribution in [2.24, 2.45) is 5.92 Å². The summed E-state index contributed by atoms with van der Waals surface area (Å²) in [4.78, 5) is 34.3. The van der Waals surface area contributed by atoms with Crippen LogP contribution < -0.4 is 5.73 Å². The zero-order valence-corrected chi connectivity index (χ0v) is 21.0. The van der Waals surface area contributed by atoms with Gasteiger partial charge in [-0.3, -0.25) is 14.7 Å². The molecule has 0 unspecified atom stereocenters. The molecule has 2 saturated heterocycles. The van der Waals surface area contributed by atoms with Crippen LogP contribution in [0.1, 0.15) is 42.7 Å². The molecule has 0 spiro atoms. The van der Waals surface area contributed by atoms with E-state index in [-0.39, 0.29) is 5.92 Å². The Balaban J connectivity index is 1.09. The van der Waals surface area contributed by atoms with Crippen molar-refractivity contribution in [2.45, 2.75) is 38.1 Å². The molecule has 0 atom stereocenters. The van der Waals surface area contributed by atoms with Crippen LogP contribution >= 0.6 is 0 Å². The Hall–Kier alpha value is -3.78. The standard InChI is InChI=1S/C29H33N7O/c30-29-32-17-20(18-33-29)19-35-13-8-22(9-14-35)28(37)36-15-10-21(11-16-36)26-23-5-1-2-6-24(23)34-27(26)25-7-3-4-12-31-25/h1-7,12,17-18,21-22,34H,8-11,13-16,19H2,(H2,30,32,33). The van der Waals surface area contributed by atoms with Gasteiger partial charge in [0.2, 0.25) is 11.9 Å². The van der Waals surface area contributed by atoms with Gasteiger partial charge >= 0.3 is 0 Å². The van der Waals surface area contributed by atoms with E-state index in [1.807, 2.05) is 18.3 Å². The minimum absolute atomic E-state index is 0.118. The number of nitrogen functional groups attached to an aromatic ring is 1. The highest BCUT2D eigenvalue weighted by molar-refractivity contribution is 5.91. The summed E-state index contributed by atoms with van der Waals surface area (Å²) in [6.45, 7) is 4.26. The van der Waals surface area contributed by atoms with Crippen molar-refractivity contribution in [3.8, 4) is 11.4 Å². The summed E-state index contributed by atoms with van der Waals surface area (Å²) in [5, 5.41) is 1.27. The largest absolute Gasteiger partial charge is 0.368 e. The second-order valence-corrected chi connectivity index (χ2v) is 10.3. The predicted octanol–water partition coefficient (Wildman–Crippen LogP) is 4.22. The SMILES string of the molecule is Nc1ncc(CN2CCC(C(=O)N3CCC(c4c(-c5ccccn5)[nH]c5ccccc45)CC3)CC2)cn1. The number of hydrogen-bond donors (Lipinski definition) is 2. The zero-order chi connectivity index (χ0) is 25.2. The van der Waals surface area contributed by atoms with Gasteiger partial charge in [-0.15, -0.1) is 0 Å². The van der Waals surface area contributed by atoms with Crippen molar-refractivity contribution in [3.63, 3.8) is 0 Å². The van der Waals surface area contributed by atoms with Crippen molar-refractivity contribution in [2.75, 3.05) is 31.9 Å². The van der Waals surface area contributed by atoms with E-state index >= 15 is 0 Å². The van der Waals surface area contributed by atoms with Gasteiger partial charge in [0.25, 0.3) is 0 Å². The molecule has 37 heavy (non-hydrogen) atoms. The monoisotopic (exact) mass is 495 g/mol. The van der Waals surface area contributed by atoms with E-state index < -0.39 is 0 Å². The fraction of sp³-hybridized carbons (Fsp3) is 0.379. The van der Waals surface area contributed by atoms with Gasteiger partial charge < -0.3 is 15.6 Å². The molecule has 3 N–H and O–H groups in total. The molecule has 0 radical (unpaired) electrons. The minimum Gasteiger partial charge on any atom is -0.368 e. The Morgan fingerprint density at radius 2 is 1.65 bits per heavy atom. The van der Waals surface area contributed by atoms with Crippen molar-refractivity contribution in [1.82, 2.24) is 29.7 Å². The van der Waals surface area contributed by atoms with E-state index in [1.54, 1.807) is 12.4 Å². The number of nitrogens with zero attached hydrogens (tertiary/aromatic N) is 5. The zero-order valence-electron chi connectivity index (χ0n) is 21.0. The van der Waals surface area contributed by atoms with Crippen LogP contribution in [0.15, 0.2) is 61.1 Å². The molecule has 8 heteroatoms. The maximum absolute atomic E-state index is 13.4. The predicted molar refractivity (Wildman–Crippen MR) is 145 cm³/mol. The van der Waals surface area contributed by atoms with Crippen molar-refractivity contribution in [1.29, 1.82) is 0 Å². The third-order valence-corrected chi connectivity index (χ3v) is 7.95. The van der Waals surface area contributed by atoms with Crippen LogP contribution in [0.25, 0.3) is 22.3 Å². The molecular weight excluding hydrogens is 462 g/mol. The Labute approximate surface area is 216 Å². The maximum atomic E-state index is 13.4. The number of likely N-dealkylation sites (tertiary alicyclic amines) is 2. The summed E-state index contributed by atoms with van der Waals surface area (Å²) in [5.41, 5.74) is 11.2.